The summed E-state index contributed by atoms with van der Waals surface area (Å²) in [5.74, 6) is 0. The number of rotatable bonds is 6. The van der Waals surface area contributed by atoms with Crippen molar-refractivity contribution in [3.8, 4) is 0 Å². The largest absolute Gasteiger partial charge is 0.376 e. The van der Waals surface area contributed by atoms with Crippen LogP contribution in [0.25, 0.3) is 0 Å². The van der Waals surface area contributed by atoms with Crippen molar-refractivity contribution in [1.82, 2.24) is 14.9 Å². The molecule has 0 unspecified atom stereocenters. The van der Waals surface area contributed by atoms with Crippen LogP contribution in [-0.4, -0.2) is 59.5 Å². The van der Waals surface area contributed by atoms with Crippen LogP contribution in [0, 0.1) is 0 Å². The first-order valence-corrected chi connectivity index (χ1v) is 8.65. The van der Waals surface area contributed by atoms with Gasteiger partial charge in [-0.1, -0.05) is 12.1 Å². The normalized spacial score (nSPS) is 28.4. The molecular formula is C19H23N3O3. The van der Waals surface area contributed by atoms with Gasteiger partial charge in [-0.2, -0.15) is 0 Å². The van der Waals surface area contributed by atoms with Gasteiger partial charge in [0, 0.05) is 32.6 Å². The van der Waals surface area contributed by atoms with E-state index in [0.717, 1.165) is 24.5 Å². The predicted molar refractivity (Wildman–Crippen MR) is 91.8 cm³/mol. The second-order valence-corrected chi connectivity index (χ2v) is 6.48. The molecule has 0 amide bonds. The molecule has 0 bridgehead atoms. The van der Waals surface area contributed by atoms with Crippen molar-refractivity contribution < 1.29 is 14.2 Å². The minimum Gasteiger partial charge on any atom is -0.376 e. The molecule has 0 N–H and O–H groups in total. The second kappa shape index (κ2) is 7.58. The maximum absolute atomic E-state index is 6.02. The first kappa shape index (κ1) is 16.6. The van der Waals surface area contributed by atoms with Crippen LogP contribution in [0.1, 0.15) is 11.4 Å². The highest BCUT2D eigenvalue weighted by Gasteiger charge is 2.49. The molecule has 0 spiro atoms. The molecular weight excluding hydrogens is 318 g/mol. The Morgan fingerprint density at radius 1 is 0.960 bits per heavy atom. The van der Waals surface area contributed by atoms with Crippen LogP contribution in [0.4, 0.5) is 0 Å². The quantitative estimate of drug-likeness (QED) is 0.796. The van der Waals surface area contributed by atoms with Gasteiger partial charge >= 0.3 is 0 Å². The average molecular weight is 341 g/mol. The van der Waals surface area contributed by atoms with Gasteiger partial charge in [-0.25, -0.2) is 0 Å². The zero-order chi connectivity index (χ0) is 17.1. The first-order chi connectivity index (χ1) is 12.3. The summed E-state index contributed by atoms with van der Waals surface area (Å²) >= 11 is 0. The minimum absolute atomic E-state index is 0.00460. The van der Waals surface area contributed by atoms with E-state index in [2.05, 4.69) is 14.9 Å². The van der Waals surface area contributed by atoms with Crippen molar-refractivity contribution >= 4 is 0 Å². The number of pyridine rings is 2. The molecule has 2 aromatic heterocycles. The summed E-state index contributed by atoms with van der Waals surface area (Å²) in [5, 5.41) is 0. The molecule has 4 rings (SSSR count). The highest BCUT2D eigenvalue weighted by atomic mass is 16.6. The summed E-state index contributed by atoms with van der Waals surface area (Å²) in [6.07, 6.45) is 3.70. The SMILES string of the molecule is CO[C@@H]1CO[C@@H]2[C@@H]1OC[C@@H]2N(Cc1ccccn1)Cc1ccccn1. The summed E-state index contributed by atoms with van der Waals surface area (Å²) < 4.78 is 17.5. The van der Waals surface area contributed by atoms with E-state index in [-0.39, 0.29) is 24.4 Å². The molecule has 2 aliphatic heterocycles. The molecule has 2 saturated heterocycles. The van der Waals surface area contributed by atoms with E-state index in [1.54, 1.807) is 7.11 Å². The third-order valence-corrected chi connectivity index (χ3v) is 4.94. The minimum atomic E-state index is 0.00460. The smallest absolute Gasteiger partial charge is 0.114 e. The van der Waals surface area contributed by atoms with Crippen molar-refractivity contribution in [2.24, 2.45) is 0 Å². The summed E-state index contributed by atoms with van der Waals surface area (Å²) in [6.45, 7) is 2.68. The summed E-state index contributed by atoms with van der Waals surface area (Å²) in [4.78, 5) is 11.3. The number of hydrogen-bond donors (Lipinski definition) is 0. The van der Waals surface area contributed by atoms with Gasteiger partial charge in [0.15, 0.2) is 0 Å². The van der Waals surface area contributed by atoms with Gasteiger partial charge < -0.3 is 14.2 Å². The average Bonchev–Trinajstić information content (AvgIpc) is 3.24. The fourth-order valence-electron chi connectivity index (χ4n) is 3.65. The van der Waals surface area contributed by atoms with Crippen molar-refractivity contribution in [1.29, 1.82) is 0 Å². The highest BCUT2D eigenvalue weighted by Crippen LogP contribution is 2.32. The highest BCUT2D eigenvalue weighted by molar-refractivity contribution is 5.09. The van der Waals surface area contributed by atoms with Gasteiger partial charge in [0.05, 0.1) is 30.6 Å². The van der Waals surface area contributed by atoms with Gasteiger partial charge in [-0.05, 0) is 24.3 Å². The summed E-state index contributed by atoms with van der Waals surface area (Å²) in [5.41, 5.74) is 2.06. The Balaban J connectivity index is 1.55. The van der Waals surface area contributed by atoms with Crippen molar-refractivity contribution in [2.45, 2.75) is 37.4 Å². The summed E-state index contributed by atoms with van der Waals surface area (Å²) in [7, 11) is 1.71. The lowest BCUT2D eigenvalue weighted by molar-refractivity contribution is -0.0131. The molecule has 0 aliphatic carbocycles. The number of fused-ring (bicyclic) bond motifs is 1. The lowest BCUT2D eigenvalue weighted by atomic mass is 10.1. The van der Waals surface area contributed by atoms with E-state index in [0.29, 0.717) is 13.2 Å². The molecule has 0 aromatic carbocycles. The molecule has 6 heteroatoms. The second-order valence-electron chi connectivity index (χ2n) is 6.48. The van der Waals surface area contributed by atoms with Crippen LogP contribution >= 0.6 is 0 Å². The van der Waals surface area contributed by atoms with Gasteiger partial charge in [0.2, 0.25) is 0 Å². The number of aromatic nitrogens is 2. The van der Waals surface area contributed by atoms with E-state index in [1.165, 1.54) is 0 Å². The Morgan fingerprint density at radius 3 is 2.16 bits per heavy atom. The molecule has 2 fully saturated rings. The van der Waals surface area contributed by atoms with E-state index in [1.807, 2.05) is 48.8 Å². The molecule has 4 atom stereocenters. The van der Waals surface area contributed by atoms with Gasteiger partial charge in [0.25, 0.3) is 0 Å². The van der Waals surface area contributed by atoms with Gasteiger partial charge in [-0.15, -0.1) is 0 Å². The Bertz CT molecular complexity index is 629. The van der Waals surface area contributed by atoms with Crippen LogP contribution in [-0.2, 0) is 27.3 Å². The van der Waals surface area contributed by atoms with E-state index < -0.39 is 0 Å². The van der Waals surface area contributed by atoms with Crippen LogP contribution in [0.2, 0.25) is 0 Å². The molecule has 4 heterocycles. The Morgan fingerprint density at radius 2 is 1.60 bits per heavy atom. The fourth-order valence-corrected chi connectivity index (χ4v) is 3.65. The number of methoxy groups -OCH3 is 1. The van der Waals surface area contributed by atoms with E-state index in [9.17, 15) is 0 Å². The molecule has 6 nitrogen and oxygen atoms in total. The predicted octanol–water partition coefficient (Wildman–Crippen LogP) is 1.66. The van der Waals surface area contributed by atoms with Crippen molar-refractivity contribution in [2.75, 3.05) is 20.3 Å². The van der Waals surface area contributed by atoms with Crippen LogP contribution in [0.3, 0.4) is 0 Å². The van der Waals surface area contributed by atoms with Crippen LogP contribution < -0.4 is 0 Å². The number of hydrogen-bond acceptors (Lipinski definition) is 6. The number of nitrogens with zero attached hydrogens (tertiary/aromatic N) is 3. The topological polar surface area (TPSA) is 56.7 Å². The lowest BCUT2D eigenvalue weighted by Crippen LogP contribution is -2.44. The third kappa shape index (κ3) is 3.57. The maximum Gasteiger partial charge on any atom is 0.114 e. The molecule has 0 radical (unpaired) electrons. The Kier molecular flexibility index (Phi) is 5.03. The lowest BCUT2D eigenvalue weighted by Gasteiger charge is -2.30. The van der Waals surface area contributed by atoms with E-state index >= 15 is 0 Å². The monoisotopic (exact) mass is 341 g/mol. The Hall–Kier alpha value is -1.86. The fraction of sp³-hybridized carbons (Fsp3) is 0.474. The molecule has 2 aliphatic rings. The van der Waals surface area contributed by atoms with Crippen molar-refractivity contribution in [3.63, 3.8) is 0 Å². The maximum atomic E-state index is 6.02. The molecule has 25 heavy (non-hydrogen) atoms. The van der Waals surface area contributed by atoms with E-state index in [4.69, 9.17) is 14.2 Å². The third-order valence-electron chi connectivity index (χ3n) is 4.94. The molecule has 2 aromatic rings. The zero-order valence-corrected chi connectivity index (χ0v) is 14.3. The molecule has 0 saturated carbocycles. The summed E-state index contributed by atoms with van der Waals surface area (Å²) in [6, 6.07) is 12.2. The standard InChI is InChI=1S/C19H23N3O3/c1-23-17-13-25-18-16(12-24-19(17)18)22(10-14-6-2-4-8-20-14)11-15-7-3-5-9-21-15/h2-9,16-19H,10-13H2,1H3/t16-,17+,18-,19+/m0/s1. The van der Waals surface area contributed by atoms with Crippen molar-refractivity contribution in [3.05, 3.63) is 60.2 Å². The Labute approximate surface area is 147 Å². The zero-order valence-electron chi connectivity index (χ0n) is 14.3. The molecule has 132 valence electrons. The van der Waals surface area contributed by atoms with Crippen LogP contribution in [0.15, 0.2) is 48.8 Å². The first-order valence-electron chi connectivity index (χ1n) is 8.65. The number of ether oxygens (including phenoxy) is 3. The van der Waals surface area contributed by atoms with Gasteiger partial charge in [-0.3, -0.25) is 14.9 Å². The van der Waals surface area contributed by atoms with Gasteiger partial charge in [0.1, 0.15) is 18.3 Å². The van der Waals surface area contributed by atoms with Crippen LogP contribution in [0.5, 0.6) is 0 Å².